The molecule has 1 atom stereocenters. The fourth-order valence-corrected chi connectivity index (χ4v) is 1.19. The van der Waals surface area contributed by atoms with Crippen LogP contribution in [-0.4, -0.2) is 0 Å². The summed E-state index contributed by atoms with van der Waals surface area (Å²) in [6, 6.07) is 10.8. The second kappa shape index (κ2) is 3.28. The molecule has 1 aromatic carbocycles. The minimum absolute atomic E-state index is 0.251. The third-order valence-corrected chi connectivity index (χ3v) is 2.25. The lowest BCUT2D eigenvalue weighted by molar-refractivity contribution is -0.450. The van der Waals surface area contributed by atoms with Gasteiger partial charge in [0.05, 0.1) is 0 Å². The summed E-state index contributed by atoms with van der Waals surface area (Å²) < 4.78 is 0. The van der Waals surface area contributed by atoms with Gasteiger partial charge in [-0.2, -0.15) is 0 Å². The Kier molecular flexibility index (Phi) is 2.53. The van der Waals surface area contributed by atoms with Crippen LogP contribution in [0.4, 0.5) is 0 Å². The lowest BCUT2D eigenvalue weighted by Crippen LogP contribution is -2.59. The monoisotopic (exact) mass is 164 g/mol. The van der Waals surface area contributed by atoms with Crippen molar-refractivity contribution in [3.05, 3.63) is 35.9 Å². The van der Waals surface area contributed by atoms with Gasteiger partial charge in [-0.3, -0.25) is 0 Å². The number of quaternary nitrogens is 1. The summed E-state index contributed by atoms with van der Waals surface area (Å²) in [5.41, 5.74) is 5.75. The molecule has 0 aromatic heterocycles. The topological polar surface area (TPSA) is 27.6 Å². The number of rotatable bonds is 1. The van der Waals surface area contributed by atoms with Gasteiger partial charge in [0.2, 0.25) is 0 Å². The van der Waals surface area contributed by atoms with E-state index in [0.717, 1.165) is 0 Å². The standard InChI is InChI=1S/C11H17N/c1-11(2,3)10(12)9-7-5-4-6-8-9/h4-8,10H,12H2,1-3H3/p+1/t10-/m0/s1. The Balaban J connectivity index is 2.86. The molecule has 0 heterocycles. The van der Waals surface area contributed by atoms with Gasteiger partial charge in [0.15, 0.2) is 0 Å². The first-order valence-electron chi connectivity index (χ1n) is 4.40. The average molecular weight is 164 g/mol. The van der Waals surface area contributed by atoms with E-state index in [1.165, 1.54) is 5.56 Å². The van der Waals surface area contributed by atoms with Crippen molar-refractivity contribution in [2.45, 2.75) is 26.8 Å². The zero-order chi connectivity index (χ0) is 9.19. The van der Waals surface area contributed by atoms with Crippen LogP contribution in [0.1, 0.15) is 32.4 Å². The van der Waals surface area contributed by atoms with Crippen molar-refractivity contribution in [2.24, 2.45) is 5.41 Å². The van der Waals surface area contributed by atoms with E-state index >= 15 is 0 Å². The Labute approximate surface area is 74.6 Å². The van der Waals surface area contributed by atoms with E-state index in [4.69, 9.17) is 0 Å². The van der Waals surface area contributed by atoms with Crippen LogP contribution in [0.3, 0.4) is 0 Å². The van der Waals surface area contributed by atoms with Crippen LogP contribution in [0, 0.1) is 5.41 Å². The summed E-state index contributed by atoms with van der Waals surface area (Å²) in [5, 5.41) is 0. The molecule has 0 saturated heterocycles. The molecule has 1 rings (SSSR count). The molecule has 1 nitrogen and oxygen atoms in total. The largest absolute Gasteiger partial charge is 0.351 e. The normalized spacial score (nSPS) is 14.3. The summed E-state index contributed by atoms with van der Waals surface area (Å²) in [6.07, 6.45) is 0. The van der Waals surface area contributed by atoms with Crippen LogP contribution in [0.2, 0.25) is 0 Å². The van der Waals surface area contributed by atoms with Crippen molar-refractivity contribution < 1.29 is 5.73 Å². The predicted molar refractivity (Wildman–Crippen MR) is 51.5 cm³/mol. The molecular formula is C11H18N+. The Morgan fingerprint density at radius 2 is 1.58 bits per heavy atom. The lowest BCUT2D eigenvalue weighted by Gasteiger charge is -2.23. The minimum atomic E-state index is 0.251. The van der Waals surface area contributed by atoms with Gasteiger partial charge in [0.1, 0.15) is 6.04 Å². The molecule has 0 unspecified atom stereocenters. The smallest absolute Gasteiger partial charge is 0.115 e. The zero-order valence-electron chi connectivity index (χ0n) is 8.17. The molecule has 0 saturated carbocycles. The summed E-state index contributed by atoms with van der Waals surface area (Å²) in [6.45, 7) is 6.66. The van der Waals surface area contributed by atoms with E-state index in [1.54, 1.807) is 0 Å². The number of benzene rings is 1. The highest BCUT2D eigenvalue weighted by molar-refractivity contribution is 5.18. The molecule has 66 valence electrons. The van der Waals surface area contributed by atoms with Crippen molar-refractivity contribution in [1.82, 2.24) is 0 Å². The third kappa shape index (κ3) is 2.08. The number of hydrogen-bond acceptors (Lipinski definition) is 0. The van der Waals surface area contributed by atoms with Gasteiger partial charge in [0.25, 0.3) is 0 Å². The van der Waals surface area contributed by atoms with Gasteiger partial charge < -0.3 is 5.73 Å². The molecule has 0 spiro atoms. The molecule has 0 aliphatic carbocycles. The van der Waals surface area contributed by atoms with Crippen LogP contribution < -0.4 is 5.73 Å². The third-order valence-electron chi connectivity index (χ3n) is 2.25. The Hall–Kier alpha value is -0.820. The van der Waals surface area contributed by atoms with Gasteiger partial charge in [-0.15, -0.1) is 0 Å². The van der Waals surface area contributed by atoms with E-state index < -0.39 is 0 Å². The van der Waals surface area contributed by atoms with E-state index in [9.17, 15) is 0 Å². The van der Waals surface area contributed by atoms with E-state index in [2.05, 4.69) is 50.8 Å². The summed E-state index contributed by atoms with van der Waals surface area (Å²) >= 11 is 0. The molecular weight excluding hydrogens is 146 g/mol. The average Bonchev–Trinajstić information content (AvgIpc) is 2.03. The maximum Gasteiger partial charge on any atom is 0.115 e. The molecule has 3 N–H and O–H groups in total. The van der Waals surface area contributed by atoms with Gasteiger partial charge in [-0.1, -0.05) is 51.1 Å². The first-order chi connectivity index (χ1) is 5.52. The molecule has 0 aliphatic heterocycles. The van der Waals surface area contributed by atoms with Crippen molar-refractivity contribution >= 4 is 0 Å². The van der Waals surface area contributed by atoms with Crippen LogP contribution in [0.15, 0.2) is 30.3 Å². The molecule has 0 aliphatic rings. The van der Waals surface area contributed by atoms with Gasteiger partial charge in [-0.05, 0) is 0 Å². The first-order valence-corrected chi connectivity index (χ1v) is 4.40. The highest BCUT2D eigenvalue weighted by Crippen LogP contribution is 2.28. The molecule has 0 amide bonds. The highest BCUT2D eigenvalue weighted by atomic mass is 14.7. The molecule has 0 radical (unpaired) electrons. The van der Waals surface area contributed by atoms with Gasteiger partial charge in [0, 0.05) is 11.0 Å². The van der Waals surface area contributed by atoms with Crippen molar-refractivity contribution in [2.75, 3.05) is 0 Å². The Bertz CT molecular complexity index is 233. The summed E-state index contributed by atoms with van der Waals surface area (Å²) in [4.78, 5) is 0. The fourth-order valence-electron chi connectivity index (χ4n) is 1.19. The Morgan fingerprint density at radius 1 is 1.08 bits per heavy atom. The summed E-state index contributed by atoms with van der Waals surface area (Å²) in [7, 11) is 0. The van der Waals surface area contributed by atoms with Crippen LogP contribution in [0.25, 0.3) is 0 Å². The van der Waals surface area contributed by atoms with Crippen molar-refractivity contribution in [1.29, 1.82) is 0 Å². The molecule has 1 aromatic rings. The highest BCUT2D eigenvalue weighted by Gasteiger charge is 2.25. The molecule has 0 bridgehead atoms. The van der Waals surface area contributed by atoms with Crippen molar-refractivity contribution in [3.8, 4) is 0 Å². The number of hydrogen-bond donors (Lipinski definition) is 1. The summed E-state index contributed by atoms with van der Waals surface area (Å²) in [5.74, 6) is 0. The van der Waals surface area contributed by atoms with E-state index in [1.807, 2.05) is 6.07 Å². The van der Waals surface area contributed by atoms with E-state index in [0.29, 0.717) is 6.04 Å². The van der Waals surface area contributed by atoms with Gasteiger partial charge >= 0.3 is 0 Å². The van der Waals surface area contributed by atoms with Crippen LogP contribution in [0.5, 0.6) is 0 Å². The maximum absolute atomic E-state index is 4.18. The van der Waals surface area contributed by atoms with Gasteiger partial charge in [-0.25, -0.2) is 0 Å². The van der Waals surface area contributed by atoms with Crippen LogP contribution in [-0.2, 0) is 0 Å². The lowest BCUT2D eigenvalue weighted by atomic mass is 9.83. The van der Waals surface area contributed by atoms with Crippen LogP contribution >= 0.6 is 0 Å². The molecule has 0 fully saturated rings. The molecule has 12 heavy (non-hydrogen) atoms. The fraction of sp³-hybridized carbons (Fsp3) is 0.455. The minimum Gasteiger partial charge on any atom is -0.351 e. The predicted octanol–water partition coefficient (Wildman–Crippen LogP) is 2.02. The van der Waals surface area contributed by atoms with E-state index in [-0.39, 0.29) is 5.41 Å². The SMILES string of the molecule is CC(C)(C)[C@@H]([NH3+])c1ccccc1. The second-order valence-electron chi connectivity index (χ2n) is 4.33. The quantitative estimate of drug-likeness (QED) is 0.657. The second-order valence-corrected chi connectivity index (χ2v) is 4.33. The zero-order valence-corrected chi connectivity index (χ0v) is 8.17. The first kappa shape index (κ1) is 9.27. The maximum atomic E-state index is 4.18. The molecule has 1 heteroatoms. The Morgan fingerprint density at radius 3 is 2.00 bits per heavy atom. The van der Waals surface area contributed by atoms with Crippen molar-refractivity contribution in [3.63, 3.8) is 0 Å².